The van der Waals surface area contributed by atoms with Crippen LogP contribution in [0.4, 0.5) is 11.5 Å². The molecule has 26 heavy (non-hydrogen) atoms. The third-order valence-electron chi connectivity index (χ3n) is 3.38. The number of aromatic nitrogens is 5. The van der Waals surface area contributed by atoms with E-state index >= 15 is 0 Å². The summed E-state index contributed by atoms with van der Waals surface area (Å²) in [6.45, 7) is 1.84. The zero-order valence-corrected chi connectivity index (χ0v) is 13.8. The lowest BCUT2D eigenvalue weighted by Crippen LogP contribution is -2.14. The van der Waals surface area contributed by atoms with Crippen molar-refractivity contribution in [3.63, 3.8) is 0 Å². The Labute approximate surface area is 148 Å². The highest BCUT2D eigenvalue weighted by Gasteiger charge is 2.12. The summed E-state index contributed by atoms with van der Waals surface area (Å²) in [5, 5.41) is 28.1. The molecule has 9 heteroatoms. The van der Waals surface area contributed by atoms with Crippen LogP contribution in [0.3, 0.4) is 0 Å². The van der Waals surface area contributed by atoms with Crippen LogP contribution in [-0.2, 0) is 0 Å². The first-order valence-corrected chi connectivity index (χ1v) is 7.62. The highest BCUT2D eigenvalue weighted by molar-refractivity contribution is 6.07. The smallest absolute Gasteiger partial charge is 0.258 e. The minimum absolute atomic E-state index is 0.158. The molecule has 3 N–H and O–H groups in total. The number of H-pyrrole nitrogens is 1. The lowest BCUT2D eigenvalue weighted by Gasteiger charge is -2.10. The van der Waals surface area contributed by atoms with Gasteiger partial charge in [0.2, 0.25) is 5.82 Å². The molecule has 2 heterocycles. The fraction of sp³-hybridized carbons (Fsp3) is 0.0588. The summed E-state index contributed by atoms with van der Waals surface area (Å²) in [5.41, 5.74) is 1.90. The van der Waals surface area contributed by atoms with Crippen molar-refractivity contribution in [2.24, 2.45) is 0 Å². The second kappa shape index (κ2) is 7.67. The van der Waals surface area contributed by atoms with Crippen LogP contribution in [0.15, 0.2) is 48.7 Å². The van der Waals surface area contributed by atoms with Gasteiger partial charge in [-0.3, -0.25) is 4.79 Å². The molecule has 0 aliphatic heterocycles. The molecule has 0 unspecified atom stereocenters. The van der Waals surface area contributed by atoms with Crippen molar-refractivity contribution in [2.45, 2.75) is 6.92 Å². The number of benzene rings is 1. The van der Waals surface area contributed by atoms with Gasteiger partial charge in [0.25, 0.3) is 5.91 Å². The van der Waals surface area contributed by atoms with E-state index in [0.717, 1.165) is 5.69 Å². The fourth-order valence-electron chi connectivity index (χ4n) is 2.18. The molecule has 0 saturated carbocycles. The zero-order chi connectivity index (χ0) is 18.4. The molecule has 128 valence electrons. The first-order chi connectivity index (χ1) is 12.7. The Bertz CT molecular complexity index is 988. The van der Waals surface area contributed by atoms with Crippen LogP contribution in [0.2, 0.25) is 0 Å². The minimum atomic E-state index is -0.322. The average Bonchev–Trinajstić information content (AvgIpc) is 3.17. The van der Waals surface area contributed by atoms with Crippen molar-refractivity contribution in [3.05, 3.63) is 65.7 Å². The normalized spacial score (nSPS) is 10.8. The van der Waals surface area contributed by atoms with Crippen LogP contribution < -0.4 is 10.6 Å². The van der Waals surface area contributed by atoms with Crippen molar-refractivity contribution in [2.75, 3.05) is 10.6 Å². The zero-order valence-electron chi connectivity index (χ0n) is 13.8. The number of nitrogens with one attached hydrogen (secondary N) is 3. The first-order valence-electron chi connectivity index (χ1n) is 7.62. The summed E-state index contributed by atoms with van der Waals surface area (Å²) in [6, 6.07) is 14.3. The van der Waals surface area contributed by atoms with E-state index in [2.05, 4.69) is 36.2 Å². The summed E-state index contributed by atoms with van der Waals surface area (Å²) < 4.78 is 0. The Hall–Kier alpha value is -4.06. The summed E-state index contributed by atoms with van der Waals surface area (Å²) >= 11 is 0. The van der Waals surface area contributed by atoms with Gasteiger partial charge in [-0.05, 0) is 36.4 Å². The van der Waals surface area contributed by atoms with Crippen molar-refractivity contribution < 1.29 is 4.79 Å². The topological polar surface area (TPSA) is 132 Å². The second-order valence-corrected chi connectivity index (χ2v) is 5.21. The number of para-hydroxylation sites is 1. The number of hydrogen-bond acceptors (Lipinski definition) is 7. The van der Waals surface area contributed by atoms with E-state index in [1.807, 2.05) is 25.1 Å². The molecule has 3 aromatic rings. The van der Waals surface area contributed by atoms with Crippen LogP contribution in [0.5, 0.6) is 0 Å². The Morgan fingerprint density at radius 2 is 2.08 bits per heavy atom. The summed E-state index contributed by atoms with van der Waals surface area (Å²) in [6.07, 6.45) is 1.42. The largest absolute Gasteiger partial charge is 0.360 e. The number of pyridine rings is 1. The van der Waals surface area contributed by atoms with Gasteiger partial charge in [0.15, 0.2) is 0 Å². The van der Waals surface area contributed by atoms with Gasteiger partial charge in [-0.15, -0.1) is 10.2 Å². The van der Waals surface area contributed by atoms with E-state index in [4.69, 9.17) is 0 Å². The molecule has 0 bridgehead atoms. The van der Waals surface area contributed by atoms with Crippen molar-refractivity contribution >= 4 is 23.0 Å². The van der Waals surface area contributed by atoms with E-state index in [9.17, 15) is 10.1 Å². The van der Waals surface area contributed by atoms with Gasteiger partial charge >= 0.3 is 0 Å². The number of carbonyl (C=O) groups is 1. The Morgan fingerprint density at radius 3 is 2.81 bits per heavy atom. The van der Waals surface area contributed by atoms with Crippen LogP contribution >= 0.6 is 0 Å². The Kier molecular flexibility index (Phi) is 4.95. The Balaban J connectivity index is 1.82. The van der Waals surface area contributed by atoms with Gasteiger partial charge in [0, 0.05) is 11.9 Å². The quantitative estimate of drug-likeness (QED) is 0.603. The lowest BCUT2D eigenvalue weighted by molar-refractivity contribution is 0.102. The molecule has 0 aliphatic rings. The number of nitriles is 1. The number of allylic oxidation sites excluding steroid dienone is 1. The number of aryl methyl sites for hydroxylation is 1. The predicted molar refractivity (Wildman–Crippen MR) is 94.8 cm³/mol. The van der Waals surface area contributed by atoms with Gasteiger partial charge in [-0.25, -0.2) is 4.98 Å². The second-order valence-electron chi connectivity index (χ2n) is 5.21. The standard InChI is InChI=1S/C17H14N8O/c1-11-5-4-8-15(20-11)21-17(26)13-6-2-3-7-14(13)19-10-12(9-18)16-22-24-25-23-16/h2-8,10,19H,1H3,(H,20,21,26)(H,22,23,24,25). The maximum atomic E-state index is 12.6. The number of nitrogens with zero attached hydrogens (tertiary/aromatic N) is 5. The molecule has 1 amide bonds. The van der Waals surface area contributed by atoms with E-state index in [1.165, 1.54) is 6.20 Å². The van der Waals surface area contributed by atoms with Gasteiger partial charge in [0.05, 0.1) is 11.3 Å². The van der Waals surface area contributed by atoms with Crippen molar-refractivity contribution in [1.82, 2.24) is 25.6 Å². The maximum Gasteiger partial charge on any atom is 0.258 e. The number of hydrogen-bond donors (Lipinski definition) is 3. The molecule has 2 aromatic heterocycles. The molecule has 0 saturated heterocycles. The minimum Gasteiger partial charge on any atom is -0.360 e. The average molecular weight is 346 g/mol. The van der Waals surface area contributed by atoms with Gasteiger partial charge in [-0.1, -0.05) is 18.2 Å². The first kappa shape index (κ1) is 16.8. The third-order valence-corrected chi connectivity index (χ3v) is 3.38. The number of aromatic amines is 1. The number of amides is 1. The van der Waals surface area contributed by atoms with Crippen LogP contribution in [-0.4, -0.2) is 31.5 Å². The van der Waals surface area contributed by atoms with E-state index < -0.39 is 0 Å². The third kappa shape index (κ3) is 3.88. The number of anilines is 2. The summed E-state index contributed by atoms with van der Waals surface area (Å²) in [5.74, 6) is 0.299. The number of rotatable bonds is 5. The van der Waals surface area contributed by atoms with Gasteiger partial charge < -0.3 is 10.6 Å². The lowest BCUT2D eigenvalue weighted by atomic mass is 10.1. The van der Waals surface area contributed by atoms with Crippen LogP contribution in [0.1, 0.15) is 21.9 Å². The molecular weight excluding hydrogens is 332 g/mol. The van der Waals surface area contributed by atoms with Gasteiger partial charge in [0.1, 0.15) is 17.5 Å². The number of carbonyl (C=O) groups excluding carboxylic acids is 1. The predicted octanol–water partition coefficient (Wildman–Crippen LogP) is 2.13. The SMILES string of the molecule is Cc1cccc(NC(=O)c2ccccc2NC=C(C#N)c2nn[nH]n2)n1. The summed E-state index contributed by atoms with van der Waals surface area (Å²) in [7, 11) is 0. The van der Waals surface area contributed by atoms with Crippen LogP contribution in [0.25, 0.3) is 5.57 Å². The van der Waals surface area contributed by atoms with E-state index in [1.54, 1.807) is 30.3 Å². The molecule has 0 radical (unpaired) electrons. The molecule has 3 rings (SSSR count). The monoisotopic (exact) mass is 346 g/mol. The highest BCUT2D eigenvalue weighted by Crippen LogP contribution is 2.18. The molecule has 0 aliphatic carbocycles. The van der Waals surface area contributed by atoms with E-state index in [0.29, 0.717) is 17.1 Å². The molecule has 0 spiro atoms. The molecule has 1 aromatic carbocycles. The molecule has 0 fully saturated rings. The van der Waals surface area contributed by atoms with Crippen molar-refractivity contribution in [1.29, 1.82) is 5.26 Å². The van der Waals surface area contributed by atoms with Crippen LogP contribution in [0, 0.1) is 18.3 Å². The molecule has 9 nitrogen and oxygen atoms in total. The Morgan fingerprint density at radius 1 is 1.23 bits per heavy atom. The van der Waals surface area contributed by atoms with Gasteiger partial charge in [-0.2, -0.15) is 10.5 Å². The maximum absolute atomic E-state index is 12.6. The number of tetrazole rings is 1. The molecular formula is C17H14N8O. The molecule has 0 atom stereocenters. The summed E-state index contributed by atoms with van der Waals surface area (Å²) in [4.78, 5) is 16.8. The highest BCUT2D eigenvalue weighted by atomic mass is 16.1. The van der Waals surface area contributed by atoms with Crippen molar-refractivity contribution in [3.8, 4) is 6.07 Å². The fourth-order valence-corrected chi connectivity index (χ4v) is 2.18. The van der Waals surface area contributed by atoms with E-state index in [-0.39, 0.29) is 17.3 Å².